The molecule has 27 heavy (non-hydrogen) atoms. The summed E-state index contributed by atoms with van der Waals surface area (Å²) >= 11 is 3.35. The zero-order valence-electron chi connectivity index (χ0n) is 16.5. The van der Waals surface area contributed by atoms with Gasteiger partial charge in [0.2, 0.25) is 0 Å². The summed E-state index contributed by atoms with van der Waals surface area (Å²) in [5, 5.41) is 1.58. The van der Waals surface area contributed by atoms with Gasteiger partial charge in [0.25, 0.3) is 5.56 Å². The molecule has 0 spiro atoms. The summed E-state index contributed by atoms with van der Waals surface area (Å²) in [6.07, 6.45) is 3.50. The number of thiophene rings is 1. The summed E-state index contributed by atoms with van der Waals surface area (Å²) in [7, 11) is 0. The normalized spacial score (nSPS) is 25.9. The van der Waals surface area contributed by atoms with Crippen molar-refractivity contribution in [1.29, 1.82) is 0 Å². The molecule has 0 amide bonds. The van der Waals surface area contributed by atoms with Crippen LogP contribution in [0.15, 0.2) is 9.95 Å². The lowest BCUT2D eigenvalue weighted by Gasteiger charge is -2.30. The molecule has 4 rings (SSSR count). The Balaban J connectivity index is 1.46. The lowest BCUT2D eigenvalue weighted by atomic mass is 9.89. The van der Waals surface area contributed by atoms with Crippen molar-refractivity contribution in [2.24, 2.45) is 11.8 Å². The molecule has 0 radical (unpaired) electrons. The van der Waals surface area contributed by atoms with Crippen LogP contribution in [-0.4, -0.2) is 48.1 Å². The maximum absolute atomic E-state index is 12.7. The number of ether oxygens (including phenoxy) is 1. The second kappa shape index (κ2) is 8.23. The monoisotopic (exact) mass is 408 g/mol. The van der Waals surface area contributed by atoms with E-state index in [2.05, 4.69) is 25.8 Å². The number of rotatable bonds is 5. The number of aromatic amines is 1. The van der Waals surface area contributed by atoms with Crippen molar-refractivity contribution >= 4 is 33.3 Å². The van der Waals surface area contributed by atoms with Crippen LogP contribution in [0.4, 0.5) is 0 Å². The van der Waals surface area contributed by atoms with Gasteiger partial charge >= 0.3 is 0 Å². The van der Waals surface area contributed by atoms with Crippen molar-refractivity contribution < 1.29 is 9.64 Å². The lowest BCUT2D eigenvalue weighted by Crippen LogP contribution is -3.15. The molecule has 2 aromatic heterocycles. The highest BCUT2D eigenvalue weighted by Gasteiger charge is 2.26. The summed E-state index contributed by atoms with van der Waals surface area (Å²) in [5.41, 5.74) is 1.29. The standard InChI is InChI=1S/C20H29N3O2S2/c1-12(2)9-23-6-7-25-14(10-23)11-26-20-21-18(24)17-15-5-4-13(3)8-16(15)27-19(17)22-20/h12-14H,4-11H2,1-3H3,(H,21,22,24)/p+1/t13-,14-/m1/s1. The fourth-order valence-corrected chi connectivity index (χ4v) is 6.61. The highest BCUT2D eigenvalue weighted by atomic mass is 32.2. The second-order valence-electron chi connectivity index (χ2n) is 8.51. The molecule has 1 fully saturated rings. The van der Waals surface area contributed by atoms with Crippen molar-refractivity contribution in [2.75, 3.05) is 32.0 Å². The van der Waals surface area contributed by atoms with Gasteiger partial charge in [0, 0.05) is 16.5 Å². The van der Waals surface area contributed by atoms with Crippen LogP contribution in [0.2, 0.25) is 0 Å². The largest absolute Gasteiger partial charge is 0.366 e. The van der Waals surface area contributed by atoms with Crippen molar-refractivity contribution in [3.63, 3.8) is 0 Å². The van der Waals surface area contributed by atoms with Gasteiger partial charge in [0.05, 0.1) is 18.5 Å². The molecule has 1 aliphatic heterocycles. The molecule has 0 aromatic carbocycles. The summed E-state index contributed by atoms with van der Waals surface area (Å²) in [4.78, 5) is 24.4. The molecule has 7 heteroatoms. The number of aromatic nitrogens is 2. The van der Waals surface area contributed by atoms with E-state index in [1.54, 1.807) is 28.0 Å². The molecular formula is C20H30N3O2S2+. The molecule has 3 heterocycles. The summed E-state index contributed by atoms with van der Waals surface area (Å²) in [5.74, 6) is 2.26. The van der Waals surface area contributed by atoms with Gasteiger partial charge in [0.15, 0.2) is 5.16 Å². The number of quaternary nitrogens is 1. The van der Waals surface area contributed by atoms with Gasteiger partial charge < -0.3 is 14.6 Å². The van der Waals surface area contributed by atoms with E-state index in [9.17, 15) is 4.79 Å². The fraction of sp³-hybridized carbons (Fsp3) is 0.700. The number of H-pyrrole nitrogens is 1. The molecule has 2 aliphatic rings. The lowest BCUT2D eigenvalue weighted by molar-refractivity contribution is -0.914. The number of nitrogens with one attached hydrogen (secondary N) is 2. The van der Waals surface area contributed by atoms with E-state index in [0.29, 0.717) is 11.8 Å². The second-order valence-corrected chi connectivity index (χ2v) is 10.6. The van der Waals surface area contributed by atoms with Crippen LogP contribution in [0.3, 0.4) is 0 Å². The minimum absolute atomic E-state index is 0.0335. The van der Waals surface area contributed by atoms with Crippen molar-refractivity contribution in [3.05, 3.63) is 20.8 Å². The zero-order valence-corrected chi connectivity index (χ0v) is 18.1. The van der Waals surface area contributed by atoms with Crippen LogP contribution in [0.25, 0.3) is 10.2 Å². The summed E-state index contributed by atoms with van der Waals surface area (Å²) < 4.78 is 5.95. The van der Waals surface area contributed by atoms with Gasteiger partial charge in [-0.05, 0) is 30.7 Å². The van der Waals surface area contributed by atoms with E-state index in [4.69, 9.17) is 9.72 Å². The molecule has 2 aromatic rings. The van der Waals surface area contributed by atoms with Crippen LogP contribution in [0.5, 0.6) is 0 Å². The third-order valence-corrected chi connectivity index (χ3v) is 7.73. The molecule has 1 unspecified atom stereocenters. The SMILES string of the molecule is CC(C)C[NH+]1CCO[C@@H](CSc2nc3sc4c(c3c(=O)[nH]2)CC[C@@H](C)C4)C1. The fourth-order valence-electron chi connectivity index (χ4n) is 4.29. The molecule has 1 saturated heterocycles. The molecule has 5 nitrogen and oxygen atoms in total. The first-order chi connectivity index (χ1) is 13.0. The number of morpholine rings is 1. The van der Waals surface area contributed by atoms with E-state index in [-0.39, 0.29) is 11.7 Å². The average molecular weight is 409 g/mol. The van der Waals surface area contributed by atoms with Crippen molar-refractivity contribution in [3.8, 4) is 0 Å². The van der Waals surface area contributed by atoms with Gasteiger partial charge in [-0.3, -0.25) is 4.79 Å². The number of hydrogen-bond donors (Lipinski definition) is 2. The first-order valence-corrected chi connectivity index (χ1v) is 11.9. The summed E-state index contributed by atoms with van der Waals surface area (Å²) in [6, 6.07) is 0. The van der Waals surface area contributed by atoms with Crippen molar-refractivity contribution in [2.45, 2.75) is 51.3 Å². The van der Waals surface area contributed by atoms with E-state index in [1.165, 1.54) is 23.4 Å². The van der Waals surface area contributed by atoms with Crippen LogP contribution in [-0.2, 0) is 17.6 Å². The molecule has 148 valence electrons. The van der Waals surface area contributed by atoms with E-state index in [1.807, 2.05) is 0 Å². The predicted molar refractivity (Wildman–Crippen MR) is 112 cm³/mol. The molecule has 3 atom stereocenters. The van der Waals surface area contributed by atoms with Gasteiger partial charge in [-0.1, -0.05) is 32.5 Å². The van der Waals surface area contributed by atoms with E-state index >= 15 is 0 Å². The van der Waals surface area contributed by atoms with E-state index < -0.39 is 0 Å². The first kappa shape index (κ1) is 19.4. The van der Waals surface area contributed by atoms with Crippen LogP contribution in [0.1, 0.15) is 37.6 Å². The van der Waals surface area contributed by atoms with Crippen LogP contribution in [0, 0.1) is 11.8 Å². The topological polar surface area (TPSA) is 59.4 Å². The number of thioether (sulfide) groups is 1. The quantitative estimate of drug-likeness (QED) is 0.588. The van der Waals surface area contributed by atoms with Crippen molar-refractivity contribution in [1.82, 2.24) is 9.97 Å². The number of nitrogens with zero attached hydrogens (tertiary/aromatic N) is 1. The van der Waals surface area contributed by atoms with Gasteiger partial charge in [0.1, 0.15) is 24.0 Å². The Morgan fingerprint density at radius 2 is 2.30 bits per heavy atom. The molecule has 1 aliphatic carbocycles. The zero-order chi connectivity index (χ0) is 19.0. The Bertz CT molecular complexity index is 861. The molecule has 2 N–H and O–H groups in total. The van der Waals surface area contributed by atoms with Crippen LogP contribution < -0.4 is 10.5 Å². The minimum Gasteiger partial charge on any atom is -0.366 e. The highest BCUT2D eigenvalue weighted by molar-refractivity contribution is 7.99. The highest BCUT2D eigenvalue weighted by Crippen LogP contribution is 2.36. The first-order valence-electron chi connectivity index (χ1n) is 10.1. The smallest absolute Gasteiger partial charge is 0.260 e. The Morgan fingerprint density at radius 1 is 1.44 bits per heavy atom. The molecule has 0 bridgehead atoms. The molecule has 0 saturated carbocycles. The Labute approximate surface area is 168 Å². The van der Waals surface area contributed by atoms with E-state index in [0.717, 1.165) is 53.7 Å². The minimum atomic E-state index is 0.0335. The Hall–Kier alpha value is -0.890. The maximum atomic E-state index is 12.7. The third kappa shape index (κ3) is 4.42. The average Bonchev–Trinajstić information content (AvgIpc) is 2.97. The maximum Gasteiger partial charge on any atom is 0.260 e. The van der Waals surface area contributed by atoms with Gasteiger partial charge in [-0.2, -0.15) is 0 Å². The number of hydrogen-bond acceptors (Lipinski definition) is 5. The van der Waals surface area contributed by atoms with Crippen LogP contribution >= 0.6 is 23.1 Å². The number of aryl methyl sites for hydroxylation is 1. The third-order valence-electron chi connectivity index (χ3n) is 5.57. The predicted octanol–water partition coefficient (Wildman–Crippen LogP) is 2.14. The number of fused-ring (bicyclic) bond motifs is 3. The summed E-state index contributed by atoms with van der Waals surface area (Å²) in [6.45, 7) is 11.0. The Morgan fingerprint density at radius 3 is 3.11 bits per heavy atom. The van der Waals surface area contributed by atoms with Gasteiger partial charge in [-0.15, -0.1) is 11.3 Å². The van der Waals surface area contributed by atoms with Gasteiger partial charge in [-0.25, -0.2) is 4.98 Å². The molecular weight excluding hydrogens is 378 g/mol. The Kier molecular flexibility index (Phi) is 5.92.